The van der Waals surface area contributed by atoms with Crippen LogP contribution in [0.5, 0.6) is 11.5 Å². The molecule has 4 aliphatic rings. The molecule has 1 unspecified atom stereocenters. The van der Waals surface area contributed by atoms with Gasteiger partial charge in [0.25, 0.3) is 23.6 Å². The predicted octanol–water partition coefficient (Wildman–Crippen LogP) is 5.09. The van der Waals surface area contributed by atoms with Gasteiger partial charge in [-0.2, -0.15) is 5.10 Å². The highest BCUT2D eigenvalue weighted by Gasteiger charge is 2.47. The fourth-order valence-corrected chi connectivity index (χ4v) is 9.25. The summed E-state index contributed by atoms with van der Waals surface area (Å²) in [6.45, 7) is 3.48. The van der Waals surface area contributed by atoms with E-state index in [0.29, 0.717) is 55.4 Å². The number of hydrogen-bond donors (Lipinski definition) is 3. The fourth-order valence-electron chi connectivity index (χ4n) is 9.25. The normalized spacial score (nSPS) is 19.2. The molecule has 6 amide bonds. The number of aromatic nitrogens is 2. The minimum Gasteiger partial charge on any atom is -0.457 e. The van der Waals surface area contributed by atoms with Crippen LogP contribution >= 0.6 is 0 Å². The zero-order valence-corrected chi connectivity index (χ0v) is 35.4. The number of nitrogens with two attached hydrogens (primary N) is 2. The van der Waals surface area contributed by atoms with Crippen LogP contribution in [-0.2, 0) is 14.4 Å². The molecule has 1 aromatic heterocycles. The van der Waals surface area contributed by atoms with Crippen molar-refractivity contribution in [2.24, 2.45) is 11.7 Å². The number of imide groups is 2. The quantitative estimate of drug-likeness (QED) is 0.0622. The largest absolute Gasteiger partial charge is 0.457 e. The molecule has 8 rings (SSSR count). The maximum absolute atomic E-state index is 13.4. The van der Waals surface area contributed by atoms with Crippen LogP contribution in [0.3, 0.4) is 0 Å². The number of ether oxygens (including phenoxy) is 1. The number of unbranched alkanes of at least 4 members (excludes halogenated alkanes) is 2. The van der Waals surface area contributed by atoms with Crippen molar-refractivity contribution in [3.8, 4) is 22.8 Å². The molecule has 63 heavy (non-hydrogen) atoms. The number of carbonyl (C=O) groups is 6. The lowest BCUT2D eigenvalue weighted by Crippen LogP contribution is -2.56. The van der Waals surface area contributed by atoms with E-state index in [-0.39, 0.29) is 60.0 Å². The van der Waals surface area contributed by atoms with Gasteiger partial charge in [0.15, 0.2) is 0 Å². The number of hydrogen-bond acceptors (Lipinski definition) is 11. The molecule has 3 aromatic carbocycles. The molecule has 0 radical (unpaired) electrons. The monoisotopic (exact) mass is 855 g/mol. The highest BCUT2D eigenvalue weighted by atomic mass is 16.5. The number of primary amides is 1. The Morgan fingerprint density at radius 3 is 2.37 bits per heavy atom. The number of anilines is 2. The number of carbonyl (C=O) groups excluding carboxylic acids is 6. The van der Waals surface area contributed by atoms with Gasteiger partial charge in [0.05, 0.1) is 17.2 Å². The number of nitrogens with zero attached hydrogens (tertiary/aromatic N) is 6. The lowest BCUT2D eigenvalue weighted by Gasteiger charge is -2.38. The standard InChI is InChI=1S/C47H53N9O7/c1-52(25-6-3-7-27-54-39(58)20-19-37(46(54)61)55-45(60)34-12-8-13-35(48)40(34)47(55)62)26-9-14-38(57)53-28-22-30(23-29-53)36-21-24-50-44-41(43(49)59)42(51-56(36)44)31-15-17-33(18-16-31)63-32-10-4-2-5-11-32/h2,4-5,8-18,30,36-37,50H,3,6-7,19-29,48H2,1H3,(H2,49,59)/b14-9+/t36-,37?/m0/s1. The van der Waals surface area contributed by atoms with Crippen molar-refractivity contribution < 1.29 is 33.5 Å². The number of piperidine rings is 2. The van der Waals surface area contributed by atoms with Crippen molar-refractivity contribution in [1.29, 1.82) is 0 Å². The molecule has 16 heteroatoms. The first kappa shape index (κ1) is 42.9. The summed E-state index contributed by atoms with van der Waals surface area (Å²) in [6.07, 6.45) is 8.29. The summed E-state index contributed by atoms with van der Waals surface area (Å²) < 4.78 is 7.89. The van der Waals surface area contributed by atoms with E-state index in [1.165, 1.54) is 11.0 Å². The third-order valence-corrected chi connectivity index (χ3v) is 12.6. The van der Waals surface area contributed by atoms with Gasteiger partial charge in [-0.15, -0.1) is 0 Å². The van der Waals surface area contributed by atoms with Crippen molar-refractivity contribution in [3.63, 3.8) is 0 Å². The third kappa shape index (κ3) is 8.94. The van der Waals surface area contributed by atoms with E-state index < -0.39 is 29.7 Å². The molecule has 0 aliphatic carbocycles. The summed E-state index contributed by atoms with van der Waals surface area (Å²) in [5, 5.41) is 8.35. The lowest BCUT2D eigenvalue weighted by molar-refractivity contribution is -0.151. The smallest absolute Gasteiger partial charge is 0.264 e. The number of likely N-dealkylation sites (tertiary alicyclic amines) is 2. The van der Waals surface area contributed by atoms with E-state index in [0.717, 1.165) is 54.9 Å². The third-order valence-electron chi connectivity index (χ3n) is 12.6. The van der Waals surface area contributed by atoms with E-state index in [9.17, 15) is 28.8 Å². The van der Waals surface area contributed by atoms with Crippen LogP contribution in [-0.4, -0.2) is 117 Å². The summed E-state index contributed by atoms with van der Waals surface area (Å²) in [6, 6.07) is 20.7. The molecular weight excluding hydrogens is 803 g/mol. The van der Waals surface area contributed by atoms with Crippen LogP contribution < -0.4 is 21.5 Å². The lowest BCUT2D eigenvalue weighted by atomic mass is 9.87. The Balaban J connectivity index is 0.773. The molecule has 2 saturated heterocycles. The average molecular weight is 856 g/mol. The van der Waals surface area contributed by atoms with Crippen molar-refractivity contribution >= 4 is 46.9 Å². The van der Waals surface area contributed by atoms with E-state index >= 15 is 0 Å². The molecule has 0 bridgehead atoms. The van der Waals surface area contributed by atoms with Gasteiger partial charge < -0.3 is 31.3 Å². The summed E-state index contributed by atoms with van der Waals surface area (Å²) in [7, 11) is 1.98. The fraction of sp³-hybridized carbons (Fsp3) is 0.383. The Morgan fingerprint density at radius 1 is 0.889 bits per heavy atom. The second kappa shape index (κ2) is 18.7. The number of amides is 6. The predicted molar refractivity (Wildman–Crippen MR) is 236 cm³/mol. The van der Waals surface area contributed by atoms with Crippen molar-refractivity contribution in [1.82, 2.24) is 29.4 Å². The first-order valence-corrected chi connectivity index (χ1v) is 21.7. The Kier molecular flexibility index (Phi) is 12.7. The summed E-state index contributed by atoms with van der Waals surface area (Å²) >= 11 is 0. The van der Waals surface area contributed by atoms with Crippen molar-refractivity contribution in [2.45, 2.75) is 63.5 Å². The number of benzene rings is 3. The van der Waals surface area contributed by atoms with Gasteiger partial charge in [0, 0.05) is 56.5 Å². The van der Waals surface area contributed by atoms with Gasteiger partial charge in [0.1, 0.15) is 34.6 Å². The van der Waals surface area contributed by atoms with Gasteiger partial charge in [-0.1, -0.05) is 36.8 Å². The molecule has 0 spiro atoms. The van der Waals surface area contributed by atoms with Crippen LogP contribution in [0.4, 0.5) is 11.5 Å². The van der Waals surface area contributed by atoms with Crippen LogP contribution in [0, 0.1) is 5.92 Å². The molecule has 0 saturated carbocycles. The molecule has 2 fully saturated rings. The van der Waals surface area contributed by atoms with Crippen LogP contribution in [0.2, 0.25) is 0 Å². The highest BCUT2D eigenvalue weighted by Crippen LogP contribution is 2.40. The number of rotatable bonds is 15. The molecule has 328 valence electrons. The first-order chi connectivity index (χ1) is 30.5. The van der Waals surface area contributed by atoms with Gasteiger partial charge in [-0.3, -0.25) is 38.6 Å². The maximum Gasteiger partial charge on any atom is 0.264 e. The Labute approximate surface area is 365 Å². The average Bonchev–Trinajstić information content (AvgIpc) is 3.80. The molecule has 4 aromatic rings. The SMILES string of the molecule is CN(C/C=C/C(=O)N1CCC([C@@H]2CCNc3c(C(N)=O)c(-c4ccc(Oc5ccccc5)cc4)nn32)CC1)CCCCCN1C(=O)CCC(N2C(=O)c3cccc(N)c3C2=O)C1=O. The number of para-hydroxylation sites is 1. The van der Waals surface area contributed by atoms with Crippen LogP contribution in [0.25, 0.3) is 11.3 Å². The first-order valence-electron chi connectivity index (χ1n) is 21.7. The van der Waals surface area contributed by atoms with Crippen molar-refractivity contribution in [3.05, 3.63) is 102 Å². The topological polar surface area (TPSA) is 207 Å². The summed E-state index contributed by atoms with van der Waals surface area (Å²) in [5.41, 5.74) is 14.0. The van der Waals surface area contributed by atoms with Gasteiger partial charge in [0.2, 0.25) is 11.8 Å². The minimum atomic E-state index is -1.04. The number of nitrogen functional groups attached to an aromatic ring is 1. The van der Waals surface area contributed by atoms with E-state index in [1.54, 1.807) is 18.2 Å². The van der Waals surface area contributed by atoms with E-state index in [4.69, 9.17) is 21.3 Å². The highest BCUT2D eigenvalue weighted by molar-refractivity contribution is 6.25. The number of likely N-dealkylation sites (N-methyl/N-ethyl adjacent to an activating group) is 1. The van der Waals surface area contributed by atoms with Gasteiger partial charge in [-0.05, 0) is 107 Å². The molecule has 5 N–H and O–H groups in total. The van der Waals surface area contributed by atoms with E-state index in [2.05, 4.69) is 10.2 Å². The Hall–Kier alpha value is -6.81. The van der Waals surface area contributed by atoms with Crippen molar-refractivity contribution in [2.75, 3.05) is 57.4 Å². The van der Waals surface area contributed by atoms with Gasteiger partial charge in [-0.25, -0.2) is 4.68 Å². The second-order valence-electron chi connectivity index (χ2n) is 16.7. The zero-order chi connectivity index (χ0) is 44.2. The number of fused-ring (bicyclic) bond motifs is 2. The molecule has 4 aliphatic heterocycles. The molecular formula is C47H53N9O7. The minimum absolute atomic E-state index is 0.0243. The second-order valence-corrected chi connectivity index (χ2v) is 16.7. The van der Waals surface area contributed by atoms with Gasteiger partial charge >= 0.3 is 0 Å². The molecule has 2 atom stereocenters. The Bertz CT molecular complexity index is 2420. The summed E-state index contributed by atoms with van der Waals surface area (Å²) in [5.74, 6) is -0.269. The molecule has 16 nitrogen and oxygen atoms in total. The summed E-state index contributed by atoms with van der Waals surface area (Å²) in [4.78, 5) is 84.6. The number of nitrogens with one attached hydrogen (secondary N) is 1. The zero-order valence-electron chi connectivity index (χ0n) is 35.4. The van der Waals surface area contributed by atoms with Crippen LogP contribution in [0.1, 0.15) is 88.5 Å². The van der Waals surface area contributed by atoms with E-state index in [1.807, 2.05) is 77.3 Å². The van der Waals surface area contributed by atoms with Crippen LogP contribution in [0.15, 0.2) is 84.9 Å². The maximum atomic E-state index is 13.4. The molecule has 5 heterocycles. The Morgan fingerprint density at radius 2 is 1.63 bits per heavy atom.